The SMILES string of the molecule is Cn1c(=O)oc2ccc(-c3ccc(C[C@@H](C#N)NC(=O)C(C)(N)C4CCCC4)cc3)cc21. The largest absolute Gasteiger partial charge is 0.419 e. The Morgan fingerprint density at radius 2 is 1.91 bits per heavy atom. The van der Waals surface area contributed by atoms with Gasteiger partial charge in [-0.2, -0.15) is 5.26 Å². The second-order valence-corrected chi connectivity index (χ2v) is 8.93. The van der Waals surface area contributed by atoms with E-state index in [1.165, 1.54) is 4.57 Å². The van der Waals surface area contributed by atoms with Crippen molar-refractivity contribution in [2.45, 2.75) is 50.6 Å². The number of oxazole rings is 1. The summed E-state index contributed by atoms with van der Waals surface area (Å²) in [5.74, 6) is -0.488. The van der Waals surface area contributed by atoms with E-state index < -0.39 is 17.3 Å². The molecule has 7 nitrogen and oxygen atoms in total. The molecule has 1 fully saturated rings. The van der Waals surface area contributed by atoms with Gasteiger partial charge in [0.05, 0.1) is 17.1 Å². The monoisotopic (exact) mass is 432 g/mol. The standard InChI is InChI=1S/C25H28N4O3/c1-25(27,19-5-3-4-6-19)23(30)28-20(15-26)13-16-7-9-17(10-8-16)18-11-12-22-21(14-18)29(2)24(31)32-22/h7-12,14,19-20H,3-6,13,27H2,1-2H3,(H,28,30)/t20-,25?/m0/s1. The van der Waals surface area contributed by atoms with Crippen molar-refractivity contribution in [3.05, 3.63) is 58.6 Å². The number of nitrogens with one attached hydrogen (secondary N) is 1. The quantitative estimate of drug-likeness (QED) is 0.621. The van der Waals surface area contributed by atoms with Crippen LogP contribution in [-0.4, -0.2) is 22.1 Å². The van der Waals surface area contributed by atoms with Crippen molar-refractivity contribution in [3.63, 3.8) is 0 Å². The number of hydrogen-bond donors (Lipinski definition) is 2. The van der Waals surface area contributed by atoms with E-state index in [0.29, 0.717) is 12.0 Å². The highest BCUT2D eigenvalue weighted by Crippen LogP contribution is 2.32. The van der Waals surface area contributed by atoms with Gasteiger partial charge in [-0.15, -0.1) is 0 Å². The van der Waals surface area contributed by atoms with Crippen molar-refractivity contribution in [3.8, 4) is 17.2 Å². The molecule has 0 aliphatic heterocycles. The fraction of sp³-hybridized carbons (Fsp3) is 0.400. The van der Waals surface area contributed by atoms with Crippen LogP contribution < -0.4 is 16.8 Å². The molecule has 1 aliphatic rings. The Morgan fingerprint density at radius 1 is 1.25 bits per heavy atom. The Balaban J connectivity index is 1.45. The van der Waals surface area contributed by atoms with Crippen molar-refractivity contribution in [2.24, 2.45) is 18.7 Å². The zero-order chi connectivity index (χ0) is 22.9. The van der Waals surface area contributed by atoms with Gasteiger partial charge in [0.1, 0.15) is 6.04 Å². The highest BCUT2D eigenvalue weighted by atomic mass is 16.4. The number of nitrogens with two attached hydrogens (primary N) is 1. The van der Waals surface area contributed by atoms with Gasteiger partial charge in [0.15, 0.2) is 5.58 Å². The van der Waals surface area contributed by atoms with E-state index in [0.717, 1.165) is 47.9 Å². The normalized spacial score (nSPS) is 17.1. The number of nitrogens with zero attached hydrogens (tertiary/aromatic N) is 2. The molecule has 1 unspecified atom stereocenters. The number of benzene rings is 2. The molecule has 1 amide bonds. The maximum atomic E-state index is 12.8. The number of hydrogen-bond acceptors (Lipinski definition) is 5. The molecule has 0 saturated heterocycles. The van der Waals surface area contributed by atoms with Crippen LogP contribution in [0.3, 0.4) is 0 Å². The number of aryl methyl sites for hydroxylation is 1. The Bertz CT molecular complexity index is 1220. The third-order valence-corrected chi connectivity index (χ3v) is 6.67. The van der Waals surface area contributed by atoms with Gasteiger partial charge in [-0.3, -0.25) is 9.36 Å². The van der Waals surface area contributed by atoms with E-state index in [4.69, 9.17) is 10.2 Å². The molecule has 7 heteroatoms. The zero-order valence-electron chi connectivity index (χ0n) is 18.4. The predicted molar refractivity (Wildman–Crippen MR) is 123 cm³/mol. The first-order chi connectivity index (χ1) is 15.3. The summed E-state index contributed by atoms with van der Waals surface area (Å²) < 4.78 is 6.66. The van der Waals surface area contributed by atoms with Gasteiger partial charge in [-0.1, -0.05) is 43.2 Å². The van der Waals surface area contributed by atoms with Crippen molar-refractivity contribution in [2.75, 3.05) is 0 Å². The van der Waals surface area contributed by atoms with E-state index in [1.807, 2.05) is 36.4 Å². The van der Waals surface area contributed by atoms with Gasteiger partial charge >= 0.3 is 5.76 Å². The Labute approximate surface area is 186 Å². The van der Waals surface area contributed by atoms with Crippen molar-refractivity contribution in [1.29, 1.82) is 5.26 Å². The molecule has 2 aromatic carbocycles. The summed E-state index contributed by atoms with van der Waals surface area (Å²) in [6.07, 6.45) is 4.51. The Morgan fingerprint density at radius 3 is 2.56 bits per heavy atom. The number of carbonyl (C=O) groups excluding carboxylic acids is 1. The van der Waals surface area contributed by atoms with Gasteiger partial charge in [-0.25, -0.2) is 4.79 Å². The first kappa shape index (κ1) is 21.8. The number of aromatic nitrogens is 1. The molecule has 0 radical (unpaired) electrons. The topological polar surface area (TPSA) is 114 Å². The maximum absolute atomic E-state index is 12.8. The van der Waals surface area contributed by atoms with E-state index in [2.05, 4.69) is 11.4 Å². The fourth-order valence-electron chi connectivity index (χ4n) is 4.53. The van der Waals surface area contributed by atoms with Crippen molar-refractivity contribution < 1.29 is 9.21 Å². The lowest BCUT2D eigenvalue weighted by molar-refractivity contribution is -0.128. The highest BCUT2D eigenvalue weighted by molar-refractivity contribution is 5.86. The highest BCUT2D eigenvalue weighted by Gasteiger charge is 2.39. The first-order valence-electron chi connectivity index (χ1n) is 11.0. The summed E-state index contributed by atoms with van der Waals surface area (Å²) in [5, 5.41) is 12.4. The molecule has 1 heterocycles. The lowest BCUT2D eigenvalue weighted by Gasteiger charge is -2.31. The lowest BCUT2D eigenvalue weighted by Crippen LogP contribution is -2.58. The van der Waals surface area contributed by atoms with Gasteiger partial charge in [0.2, 0.25) is 5.91 Å². The molecule has 32 heavy (non-hydrogen) atoms. The summed E-state index contributed by atoms with van der Waals surface area (Å²) in [6, 6.07) is 15.0. The van der Waals surface area contributed by atoms with E-state index in [9.17, 15) is 14.9 Å². The van der Waals surface area contributed by atoms with Crippen LogP contribution in [0.25, 0.3) is 22.2 Å². The van der Waals surface area contributed by atoms with Gasteiger partial charge < -0.3 is 15.5 Å². The molecule has 1 saturated carbocycles. The second kappa shape index (κ2) is 8.64. The van der Waals surface area contributed by atoms with Crippen LogP contribution >= 0.6 is 0 Å². The molecule has 0 spiro atoms. The molecule has 3 aromatic rings. The maximum Gasteiger partial charge on any atom is 0.419 e. The molecular weight excluding hydrogens is 404 g/mol. The van der Waals surface area contributed by atoms with Crippen molar-refractivity contribution in [1.82, 2.24) is 9.88 Å². The second-order valence-electron chi connectivity index (χ2n) is 8.93. The fourth-order valence-corrected chi connectivity index (χ4v) is 4.53. The summed E-state index contributed by atoms with van der Waals surface area (Å²) in [5.41, 5.74) is 9.56. The Hall–Kier alpha value is -3.37. The minimum atomic E-state index is -0.957. The smallest absolute Gasteiger partial charge is 0.408 e. The van der Waals surface area contributed by atoms with Crippen LogP contribution in [0.5, 0.6) is 0 Å². The summed E-state index contributed by atoms with van der Waals surface area (Å²) in [6.45, 7) is 1.77. The number of carbonyl (C=O) groups is 1. The van der Waals surface area contributed by atoms with Gasteiger partial charge in [0, 0.05) is 13.5 Å². The molecule has 3 N–H and O–H groups in total. The third kappa shape index (κ3) is 4.19. The van der Waals surface area contributed by atoms with Crippen LogP contribution in [0, 0.1) is 17.2 Å². The third-order valence-electron chi connectivity index (χ3n) is 6.67. The minimum absolute atomic E-state index is 0.160. The molecule has 1 aromatic heterocycles. The summed E-state index contributed by atoms with van der Waals surface area (Å²) in [4.78, 5) is 24.5. The zero-order valence-corrected chi connectivity index (χ0v) is 18.4. The van der Waals surface area contributed by atoms with Gasteiger partial charge in [0.25, 0.3) is 0 Å². The Kier molecular flexibility index (Phi) is 5.90. The number of fused-ring (bicyclic) bond motifs is 1. The molecule has 0 bridgehead atoms. The summed E-state index contributed by atoms with van der Waals surface area (Å²) in [7, 11) is 1.68. The molecule has 166 valence electrons. The number of nitriles is 1. The van der Waals surface area contributed by atoms with E-state index >= 15 is 0 Å². The van der Waals surface area contributed by atoms with E-state index in [1.54, 1.807) is 20.0 Å². The van der Waals surface area contributed by atoms with E-state index in [-0.39, 0.29) is 11.8 Å². The van der Waals surface area contributed by atoms with Crippen LogP contribution in [0.1, 0.15) is 38.2 Å². The van der Waals surface area contributed by atoms with Gasteiger partial charge in [-0.05, 0) is 54.5 Å². The van der Waals surface area contributed by atoms with Crippen LogP contribution in [-0.2, 0) is 18.3 Å². The summed E-state index contributed by atoms with van der Waals surface area (Å²) >= 11 is 0. The molecule has 1 aliphatic carbocycles. The molecule has 2 atom stereocenters. The first-order valence-corrected chi connectivity index (χ1v) is 11.0. The average molecular weight is 433 g/mol. The van der Waals surface area contributed by atoms with Crippen LogP contribution in [0.4, 0.5) is 0 Å². The number of amides is 1. The molecular formula is C25H28N4O3. The van der Waals surface area contributed by atoms with Crippen LogP contribution in [0.2, 0.25) is 0 Å². The average Bonchev–Trinajstić information content (AvgIpc) is 3.43. The van der Waals surface area contributed by atoms with Crippen LogP contribution in [0.15, 0.2) is 51.7 Å². The number of rotatable bonds is 6. The lowest BCUT2D eigenvalue weighted by atomic mass is 9.84. The molecule has 4 rings (SSSR count). The predicted octanol–water partition coefficient (Wildman–Crippen LogP) is 3.26. The minimum Gasteiger partial charge on any atom is -0.408 e. The van der Waals surface area contributed by atoms with Crippen molar-refractivity contribution >= 4 is 17.0 Å².